The van der Waals surface area contributed by atoms with Crippen LogP contribution in [0.25, 0.3) is 22.0 Å². The fraction of sp³-hybridized carbons (Fsp3) is 0.355. The topological polar surface area (TPSA) is 32.3 Å². The number of para-hydroxylation sites is 1. The van der Waals surface area contributed by atoms with Crippen LogP contribution in [0.2, 0.25) is 0 Å². The van der Waals surface area contributed by atoms with Crippen LogP contribution in [0.5, 0.6) is 0 Å². The molecule has 0 aliphatic heterocycles. The van der Waals surface area contributed by atoms with Crippen LogP contribution in [-0.4, -0.2) is 45.0 Å². The van der Waals surface area contributed by atoms with Gasteiger partial charge in [-0.15, -0.1) is 0 Å². The average molecular weight is 593 g/mol. The van der Waals surface area contributed by atoms with Gasteiger partial charge in [0.2, 0.25) is 0 Å². The molecule has 36 heavy (non-hydrogen) atoms. The lowest BCUT2D eigenvalue weighted by Gasteiger charge is -2.17. The first-order valence-corrected chi connectivity index (χ1v) is 14.5. The van der Waals surface area contributed by atoms with Gasteiger partial charge in [0.05, 0.1) is 22.3 Å². The Morgan fingerprint density at radius 3 is 2.14 bits per heavy atom. The minimum absolute atomic E-state index is 0.737. The van der Waals surface area contributed by atoms with Crippen LogP contribution in [0.15, 0.2) is 78.9 Å². The Labute approximate surface area is 229 Å². The molecule has 4 nitrogen and oxygen atoms in total. The number of hydrogen-bond donors (Lipinski definition) is 0. The summed E-state index contributed by atoms with van der Waals surface area (Å²) in [6, 6.07) is 27.9. The van der Waals surface area contributed by atoms with Gasteiger partial charge in [0.25, 0.3) is 0 Å². The summed E-state index contributed by atoms with van der Waals surface area (Å²) in [4.78, 5) is 14.6. The second kappa shape index (κ2) is 13.8. The summed E-state index contributed by atoms with van der Waals surface area (Å²) in [5, 5.41) is 1.20. The molecule has 0 N–H and O–H groups in total. The molecule has 188 valence electrons. The van der Waals surface area contributed by atoms with Crippen LogP contribution < -0.4 is 0 Å². The van der Waals surface area contributed by atoms with Gasteiger partial charge in [0.15, 0.2) is 0 Å². The van der Waals surface area contributed by atoms with Crippen LogP contribution in [0.4, 0.5) is 0 Å². The second-order valence-electron chi connectivity index (χ2n) is 9.70. The molecule has 0 aliphatic carbocycles. The molecule has 0 spiro atoms. The van der Waals surface area contributed by atoms with E-state index in [9.17, 15) is 0 Å². The number of benzene rings is 3. The maximum atomic E-state index is 5.03. The molecule has 0 aliphatic rings. The smallest absolute Gasteiger partial charge is 0.143 e. The van der Waals surface area contributed by atoms with E-state index >= 15 is 0 Å². The third-order valence-corrected chi connectivity index (χ3v) is 7.73. The van der Waals surface area contributed by atoms with E-state index in [1.807, 2.05) is 0 Å². The highest BCUT2D eigenvalue weighted by Crippen LogP contribution is 2.21. The number of fused-ring (bicyclic) bond motifs is 1. The highest BCUT2D eigenvalue weighted by atomic mass is 127. The molecule has 5 heteroatoms. The van der Waals surface area contributed by atoms with Crippen molar-refractivity contribution in [2.24, 2.45) is 0 Å². The number of unbranched alkanes of at least 4 members (excludes halogenated alkanes) is 3. The maximum Gasteiger partial charge on any atom is 0.143 e. The molecule has 0 unspecified atom stereocenters. The third kappa shape index (κ3) is 7.82. The number of halogens is 1. The van der Waals surface area contributed by atoms with Crippen LogP contribution in [0, 0.1) is 0 Å². The standard InChI is InChI=1S/C31H37IN4/c1-35(24-32)21-11-4-3-8-15-29-28-14-9-10-16-30(28)34-31(33-29)23-36(2)22-25-17-19-27(20-18-25)26-12-6-5-7-13-26/h5-7,9-10,12-14,16-20H,3-4,8,11,15,21-24H2,1-2H3. The van der Waals surface area contributed by atoms with E-state index < -0.39 is 0 Å². The Balaban J connectivity index is 1.36. The zero-order chi connectivity index (χ0) is 25.2. The van der Waals surface area contributed by atoms with Gasteiger partial charge in [-0.25, -0.2) is 9.97 Å². The molecule has 0 fully saturated rings. The predicted octanol–water partition coefficient (Wildman–Crippen LogP) is 7.36. The van der Waals surface area contributed by atoms with Gasteiger partial charge in [-0.1, -0.05) is 108 Å². The van der Waals surface area contributed by atoms with Crippen molar-refractivity contribution in [2.75, 3.05) is 25.2 Å². The second-order valence-corrected chi connectivity index (χ2v) is 10.4. The van der Waals surface area contributed by atoms with E-state index in [2.05, 4.69) is 125 Å². The van der Waals surface area contributed by atoms with E-state index in [1.54, 1.807) is 0 Å². The van der Waals surface area contributed by atoms with Gasteiger partial charge in [-0.2, -0.15) is 0 Å². The van der Waals surface area contributed by atoms with Gasteiger partial charge >= 0.3 is 0 Å². The van der Waals surface area contributed by atoms with Crippen molar-refractivity contribution in [1.82, 2.24) is 19.8 Å². The number of aryl methyl sites for hydroxylation is 1. The van der Waals surface area contributed by atoms with Crippen molar-refractivity contribution in [3.8, 4) is 11.1 Å². The first-order chi connectivity index (χ1) is 17.6. The fourth-order valence-electron chi connectivity index (χ4n) is 4.59. The lowest BCUT2D eigenvalue weighted by molar-refractivity contribution is 0.310. The number of hydrogen-bond acceptors (Lipinski definition) is 4. The molecule has 0 atom stereocenters. The highest BCUT2D eigenvalue weighted by Gasteiger charge is 2.10. The van der Waals surface area contributed by atoms with E-state index in [0.29, 0.717) is 0 Å². The molecule has 1 aromatic heterocycles. The van der Waals surface area contributed by atoms with Crippen LogP contribution in [-0.2, 0) is 19.5 Å². The van der Waals surface area contributed by atoms with E-state index in [4.69, 9.17) is 9.97 Å². The SMILES string of the molecule is CN(CI)CCCCCCc1nc(CN(C)Cc2ccc(-c3ccccc3)cc2)nc2ccccc12. The van der Waals surface area contributed by atoms with Crippen LogP contribution in [0.1, 0.15) is 42.8 Å². The maximum absolute atomic E-state index is 5.03. The zero-order valence-electron chi connectivity index (χ0n) is 21.5. The van der Waals surface area contributed by atoms with E-state index in [0.717, 1.165) is 35.4 Å². The van der Waals surface area contributed by atoms with Crippen molar-refractivity contribution < 1.29 is 0 Å². The molecular weight excluding hydrogens is 555 g/mol. The van der Waals surface area contributed by atoms with Crippen LogP contribution >= 0.6 is 22.6 Å². The third-order valence-electron chi connectivity index (χ3n) is 6.56. The summed E-state index contributed by atoms with van der Waals surface area (Å²) in [6.45, 7) is 2.79. The molecule has 1 heterocycles. The van der Waals surface area contributed by atoms with E-state index in [1.165, 1.54) is 60.0 Å². The molecule has 0 saturated heterocycles. The lowest BCUT2D eigenvalue weighted by atomic mass is 10.0. The molecule has 0 radical (unpaired) electrons. The van der Waals surface area contributed by atoms with Gasteiger partial charge in [0, 0.05) is 11.9 Å². The Morgan fingerprint density at radius 2 is 1.36 bits per heavy atom. The minimum atomic E-state index is 0.737. The predicted molar refractivity (Wildman–Crippen MR) is 160 cm³/mol. The number of aromatic nitrogens is 2. The van der Waals surface area contributed by atoms with Gasteiger partial charge in [-0.3, -0.25) is 9.80 Å². The molecular formula is C31H37IN4. The van der Waals surface area contributed by atoms with Gasteiger partial charge < -0.3 is 0 Å². The Hall–Kier alpha value is -2.35. The monoisotopic (exact) mass is 592 g/mol. The minimum Gasteiger partial charge on any atom is -0.297 e. The number of nitrogens with zero attached hydrogens (tertiary/aromatic N) is 4. The largest absolute Gasteiger partial charge is 0.297 e. The molecule has 0 amide bonds. The Bertz CT molecular complexity index is 1210. The van der Waals surface area contributed by atoms with Crippen molar-refractivity contribution in [2.45, 2.75) is 45.2 Å². The summed E-state index contributed by atoms with van der Waals surface area (Å²) in [5.74, 6) is 0.913. The summed E-state index contributed by atoms with van der Waals surface area (Å²) < 4.78 is 1.10. The zero-order valence-corrected chi connectivity index (χ0v) is 23.7. The molecule has 0 bridgehead atoms. The Kier molecular flexibility index (Phi) is 10.3. The van der Waals surface area contributed by atoms with Crippen molar-refractivity contribution >= 4 is 33.5 Å². The van der Waals surface area contributed by atoms with Crippen molar-refractivity contribution in [3.05, 3.63) is 95.9 Å². The molecule has 4 aromatic rings. The Morgan fingerprint density at radius 1 is 0.667 bits per heavy atom. The molecule has 0 saturated carbocycles. The quantitative estimate of drug-likeness (QED) is 0.0703. The fourth-order valence-corrected chi connectivity index (χ4v) is 4.93. The molecule has 4 rings (SSSR count). The summed E-state index contributed by atoms with van der Waals surface area (Å²) >= 11 is 2.43. The molecule has 3 aromatic carbocycles. The summed E-state index contributed by atoms with van der Waals surface area (Å²) in [6.07, 6.45) is 6.00. The van der Waals surface area contributed by atoms with E-state index in [-0.39, 0.29) is 0 Å². The first kappa shape index (κ1) is 26.7. The highest BCUT2D eigenvalue weighted by molar-refractivity contribution is 14.1. The number of rotatable bonds is 13. The van der Waals surface area contributed by atoms with Crippen molar-refractivity contribution in [3.63, 3.8) is 0 Å². The van der Waals surface area contributed by atoms with Gasteiger partial charge in [0.1, 0.15) is 5.82 Å². The summed E-state index contributed by atoms with van der Waals surface area (Å²) in [7, 11) is 4.34. The van der Waals surface area contributed by atoms with Gasteiger partial charge in [-0.05, 0) is 62.7 Å². The lowest BCUT2D eigenvalue weighted by Crippen LogP contribution is -2.19. The number of alkyl halides is 1. The van der Waals surface area contributed by atoms with Crippen LogP contribution in [0.3, 0.4) is 0 Å². The average Bonchev–Trinajstić information content (AvgIpc) is 2.91. The summed E-state index contributed by atoms with van der Waals surface area (Å²) in [5.41, 5.74) is 6.05. The van der Waals surface area contributed by atoms with Crippen molar-refractivity contribution in [1.29, 1.82) is 0 Å². The normalized spacial score (nSPS) is 11.6. The first-order valence-electron chi connectivity index (χ1n) is 12.9.